The molecule has 0 bridgehead atoms. The maximum Gasteiger partial charge on any atom is 0.294 e. The van der Waals surface area contributed by atoms with E-state index in [4.69, 9.17) is 9.47 Å². The number of ether oxygens (including phenoxy) is 2. The normalized spacial score (nSPS) is 18.6. The van der Waals surface area contributed by atoms with Gasteiger partial charge in [-0.05, 0) is 52.8 Å². The quantitative estimate of drug-likeness (QED) is 0.306. The highest BCUT2D eigenvalue weighted by Gasteiger charge is 2.40. The molecule has 1 unspecified atom stereocenters. The molecule has 1 spiro atoms. The predicted octanol–water partition coefficient (Wildman–Crippen LogP) is 7.62. The molecule has 0 radical (unpaired) electrons. The highest BCUT2D eigenvalue weighted by Crippen LogP contribution is 2.45. The molecule has 2 nitrogen and oxygen atoms in total. The summed E-state index contributed by atoms with van der Waals surface area (Å²) in [4.78, 5) is 0. The molecule has 0 saturated carbocycles. The largest absolute Gasteiger partial charge is 0.444 e. The third-order valence-corrected chi connectivity index (χ3v) is 5.76. The zero-order chi connectivity index (χ0) is 20.7. The van der Waals surface area contributed by atoms with E-state index in [-0.39, 0.29) is 0 Å². The van der Waals surface area contributed by atoms with Gasteiger partial charge in [0.2, 0.25) is 0 Å². The Kier molecular flexibility index (Phi) is 4.36. The molecule has 1 atom stereocenters. The van der Waals surface area contributed by atoms with Crippen LogP contribution in [0.25, 0.3) is 33.7 Å². The van der Waals surface area contributed by atoms with Crippen molar-refractivity contribution in [2.75, 3.05) is 0 Å². The fraction of sp³-hybridized carbons (Fsp3) is 0.143. The lowest BCUT2D eigenvalue weighted by Crippen LogP contribution is -2.44. The first-order valence-electron chi connectivity index (χ1n) is 10.5. The maximum atomic E-state index is 6.47. The molecule has 0 N–H and O–H groups in total. The van der Waals surface area contributed by atoms with Crippen LogP contribution in [0.5, 0.6) is 11.5 Å². The van der Waals surface area contributed by atoms with Crippen molar-refractivity contribution in [3.05, 3.63) is 95.6 Å². The molecule has 0 amide bonds. The average molecular weight is 392 g/mol. The molecule has 0 saturated heterocycles. The third-order valence-electron chi connectivity index (χ3n) is 5.76. The summed E-state index contributed by atoms with van der Waals surface area (Å²) in [6, 6.07) is 25.0. The van der Waals surface area contributed by atoms with E-state index in [0.717, 1.165) is 28.2 Å². The molecule has 148 valence electrons. The first-order chi connectivity index (χ1) is 14.7. The molecule has 4 aromatic carbocycles. The summed E-state index contributed by atoms with van der Waals surface area (Å²) in [5, 5.41) is 4.80. The van der Waals surface area contributed by atoms with Crippen LogP contribution in [0.3, 0.4) is 0 Å². The molecular weight excluding hydrogens is 368 g/mol. The topological polar surface area (TPSA) is 18.5 Å². The van der Waals surface area contributed by atoms with E-state index < -0.39 is 5.79 Å². The molecule has 0 aromatic heterocycles. The second-order valence-corrected chi connectivity index (χ2v) is 7.43. The SMILES string of the molecule is CC.CC1=Cc2c(ccc3ccccc23)OC12C=Cc1c(ccc3ccccc13)O2. The zero-order valence-electron chi connectivity index (χ0n) is 17.5. The van der Waals surface area contributed by atoms with Crippen LogP contribution < -0.4 is 9.47 Å². The van der Waals surface area contributed by atoms with Crippen molar-refractivity contribution in [2.45, 2.75) is 26.6 Å². The van der Waals surface area contributed by atoms with Crippen molar-refractivity contribution in [3.63, 3.8) is 0 Å². The molecule has 2 aliphatic heterocycles. The molecule has 2 heteroatoms. The van der Waals surface area contributed by atoms with Gasteiger partial charge in [-0.2, -0.15) is 0 Å². The molecular formula is C28H24O2. The van der Waals surface area contributed by atoms with E-state index in [0.29, 0.717) is 0 Å². The molecule has 6 rings (SSSR count). The van der Waals surface area contributed by atoms with Gasteiger partial charge in [-0.15, -0.1) is 0 Å². The van der Waals surface area contributed by atoms with Gasteiger partial charge in [0.1, 0.15) is 11.5 Å². The van der Waals surface area contributed by atoms with Crippen LogP contribution in [0, 0.1) is 0 Å². The third kappa shape index (κ3) is 2.72. The second-order valence-electron chi connectivity index (χ2n) is 7.43. The Balaban J connectivity index is 0.000000937. The van der Waals surface area contributed by atoms with Crippen LogP contribution in [0.4, 0.5) is 0 Å². The maximum absolute atomic E-state index is 6.47. The van der Waals surface area contributed by atoms with E-state index in [2.05, 4.69) is 79.7 Å². The number of hydrogen-bond donors (Lipinski definition) is 0. The van der Waals surface area contributed by atoms with Crippen LogP contribution in [-0.4, -0.2) is 5.79 Å². The summed E-state index contributed by atoms with van der Waals surface area (Å²) in [7, 11) is 0. The van der Waals surface area contributed by atoms with Crippen molar-refractivity contribution in [3.8, 4) is 11.5 Å². The molecule has 2 aliphatic rings. The minimum Gasteiger partial charge on any atom is -0.444 e. The lowest BCUT2D eigenvalue weighted by atomic mass is 9.93. The Morgan fingerprint density at radius 1 is 0.633 bits per heavy atom. The minimum absolute atomic E-state index is 0.846. The van der Waals surface area contributed by atoms with Gasteiger partial charge in [0.15, 0.2) is 0 Å². The van der Waals surface area contributed by atoms with Crippen LogP contribution in [-0.2, 0) is 0 Å². The number of benzene rings is 4. The molecule has 0 aliphatic carbocycles. The Hall–Kier alpha value is -3.52. The van der Waals surface area contributed by atoms with Crippen molar-refractivity contribution >= 4 is 33.7 Å². The van der Waals surface area contributed by atoms with Crippen molar-refractivity contribution < 1.29 is 9.47 Å². The predicted molar refractivity (Wildman–Crippen MR) is 126 cm³/mol. The summed E-state index contributed by atoms with van der Waals surface area (Å²) in [5.74, 6) is 0.793. The van der Waals surface area contributed by atoms with Gasteiger partial charge in [-0.3, -0.25) is 0 Å². The van der Waals surface area contributed by atoms with Crippen LogP contribution in [0.1, 0.15) is 31.9 Å². The molecule has 4 aromatic rings. The van der Waals surface area contributed by atoms with Gasteiger partial charge in [-0.1, -0.05) is 74.5 Å². The van der Waals surface area contributed by atoms with Crippen LogP contribution in [0.15, 0.2) is 84.4 Å². The lowest BCUT2D eigenvalue weighted by Gasteiger charge is -2.39. The lowest BCUT2D eigenvalue weighted by molar-refractivity contribution is -0.0408. The van der Waals surface area contributed by atoms with E-state index in [9.17, 15) is 0 Å². The van der Waals surface area contributed by atoms with E-state index in [1.165, 1.54) is 21.5 Å². The Bertz CT molecular complexity index is 1330. The summed E-state index contributed by atoms with van der Waals surface area (Å²) in [6.45, 7) is 6.07. The minimum atomic E-state index is -0.898. The van der Waals surface area contributed by atoms with E-state index in [1.54, 1.807) is 0 Å². The number of hydrogen-bond acceptors (Lipinski definition) is 2. The highest BCUT2D eigenvalue weighted by atomic mass is 16.7. The molecule has 0 fully saturated rings. The van der Waals surface area contributed by atoms with Gasteiger partial charge in [0.25, 0.3) is 5.79 Å². The fourth-order valence-electron chi connectivity index (χ4n) is 4.27. The van der Waals surface area contributed by atoms with Gasteiger partial charge in [-0.25, -0.2) is 0 Å². The van der Waals surface area contributed by atoms with Gasteiger partial charge in [0.05, 0.1) is 0 Å². The van der Waals surface area contributed by atoms with Crippen molar-refractivity contribution in [2.24, 2.45) is 0 Å². The smallest absolute Gasteiger partial charge is 0.294 e. The van der Waals surface area contributed by atoms with Gasteiger partial charge in [0, 0.05) is 22.8 Å². The monoisotopic (exact) mass is 392 g/mol. The average Bonchev–Trinajstić information content (AvgIpc) is 2.81. The van der Waals surface area contributed by atoms with E-state index in [1.807, 2.05) is 32.1 Å². The zero-order valence-corrected chi connectivity index (χ0v) is 17.5. The van der Waals surface area contributed by atoms with Gasteiger partial charge >= 0.3 is 0 Å². The Labute approximate surface area is 177 Å². The first-order valence-corrected chi connectivity index (χ1v) is 10.5. The number of rotatable bonds is 0. The Morgan fingerprint density at radius 2 is 1.17 bits per heavy atom. The van der Waals surface area contributed by atoms with Crippen molar-refractivity contribution in [1.82, 2.24) is 0 Å². The van der Waals surface area contributed by atoms with E-state index >= 15 is 0 Å². The first kappa shape index (κ1) is 18.5. The Morgan fingerprint density at radius 3 is 1.80 bits per heavy atom. The number of fused-ring (bicyclic) bond motifs is 6. The van der Waals surface area contributed by atoms with Crippen LogP contribution >= 0.6 is 0 Å². The molecule has 30 heavy (non-hydrogen) atoms. The van der Waals surface area contributed by atoms with Gasteiger partial charge < -0.3 is 9.47 Å². The van der Waals surface area contributed by atoms with Crippen molar-refractivity contribution in [1.29, 1.82) is 0 Å². The second kappa shape index (κ2) is 7.07. The van der Waals surface area contributed by atoms with Crippen LogP contribution in [0.2, 0.25) is 0 Å². The highest BCUT2D eigenvalue weighted by molar-refractivity contribution is 5.96. The molecule has 2 heterocycles. The summed E-state index contributed by atoms with van der Waals surface area (Å²) in [5.41, 5.74) is 3.25. The fourth-order valence-corrected chi connectivity index (χ4v) is 4.27. The standard InChI is InChI=1S/C26H18O2.C2H6/c1-17-16-23-21-9-5-3-7-19(21)11-13-25(23)28-26(17)15-14-22-20-8-4-2-6-18(20)10-12-24(22)27-26;1-2/h2-16H,1H3;1-2H3. The summed E-state index contributed by atoms with van der Waals surface area (Å²) in [6.07, 6.45) is 6.35. The summed E-state index contributed by atoms with van der Waals surface area (Å²) >= 11 is 0. The summed E-state index contributed by atoms with van der Waals surface area (Å²) < 4.78 is 12.9.